The number of hydrogen-bond donors (Lipinski definition) is 2. The number of hydrogen-bond acceptors (Lipinski definition) is 4. The van der Waals surface area contributed by atoms with Crippen LogP contribution in [-0.2, 0) is 10.0 Å². The molecular weight excluding hydrogens is 408 g/mol. The topological polar surface area (TPSA) is 84.5 Å². The zero-order valence-electron chi connectivity index (χ0n) is 13.8. The summed E-state index contributed by atoms with van der Waals surface area (Å²) in [5.74, 6) is 0.629. The minimum Gasteiger partial charge on any atom is -0.494 e. The number of halogens is 1. The van der Waals surface area contributed by atoms with Gasteiger partial charge >= 0.3 is 6.03 Å². The van der Waals surface area contributed by atoms with Crippen molar-refractivity contribution in [1.29, 1.82) is 0 Å². The van der Waals surface area contributed by atoms with Crippen molar-refractivity contribution in [2.24, 2.45) is 0 Å². The van der Waals surface area contributed by atoms with Crippen LogP contribution in [0.3, 0.4) is 0 Å². The van der Waals surface area contributed by atoms with Crippen LogP contribution in [0.25, 0.3) is 0 Å². The van der Waals surface area contributed by atoms with E-state index in [1.54, 1.807) is 31.2 Å². The molecule has 25 heavy (non-hydrogen) atoms. The highest BCUT2D eigenvalue weighted by atomic mass is 79.9. The second-order valence-electron chi connectivity index (χ2n) is 5.23. The fraction of sp³-hybridized carbons (Fsp3) is 0.235. The van der Waals surface area contributed by atoms with Gasteiger partial charge in [-0.15, -0.1) is 0 Å². The summed E-state index contributed by atoms with van der Waals surface area (Å²) in [6.45, 7) is 4.10. The average molecular weight is 427 g/mol. The van der Waals surface area contributed by atoms with Gasteiger partial charge in [0, 0.05) is 10.0 Å². The van der Waals surface area contributed by atoms with E-state index >= 15 is 0 Å². The SMILES string of the molecule is CCOc1ccc(Br)cc1C(C)NC(=O)NS(=O)(=O)c1ccccc1. The molecule has 0 saturated heterocycles. The summed E-state index contributed by atoms with van der Waals surface area (Å²) in [7, 11) is -3.92. The van der Waals surface area contributed by atoms with E-state index in [2.05, 4.69) is 21.2 Å². The second-order valence-corrected chi connectivity index (χ2v) is 7.83. The first-order valence-electron chi connectivity index (χ1n) is 7.64. The summed E-state index contributed by atoms with van der Waals surface area (Å²) >= 11 is 3.38. The molecule has 2 aromatic rings. The van der Waals surface area contributed by atoms with Gasteiger partial charge in [-0.1, -0.05) is 34.1 Å². The third-order valence-corrected chi connectivity index (χ3v) is 5.21. The molecule has 0 saturated carbocycles. The van der Waals surface area contributed by atoms with Gasteiger partial charge in [0.05, 0.1) is 17.5 Å². The predicted molar refractivity (Wildman–Crippen MR) is 99.0 cm³/mol. The van der Waals surface area contributed by atoms with E-state index in [4.69, 9.17) is 4.74 Å². The van der Waals surface area contributed by atoms with Crippen LogP contribution in [-0.4, -0.2) is 21.1 Å². The van der Waals surface area contributed by atoms with Gasteiger partial charge in [0.2, 0.25) is 0 Å². The average Bonchev–Trinajstić information content (AvgIpc) is 2.57. The molecule has 0 aliphatic carbocycles. The van der Waals surface area contributed by atoms with Crippen LogP contribution in [0.4, 0.5) is 4.79 Å². The van der Waals surface area contributed by atoms with E-state index in [9.17, 15) is 13.2 Å². The molecule has 0 aliphatic heterocycles. The molecule has 0 radical (unpaired) electrons. The summed E-state index contributed by atoms with van der Waals surface area (Å²) < 4.78 is 32.8. The molecule has 0 fully saturated rings. The van der Waals surface area contributed by atoms with E-state index in [1.807, 2.05) is 23.8 Å². The van der Waals surface area contributed by atoms with Crippen molar-refractivity contribution < 1.29 is 17.9 Å². The summed E-state index contributed by atoms with van der Waals surface area (Å²) in [5.41, 5.74) is 0.739. The molecule has 1 atom stereocenters. The Balaban J connectivity index is 2.12. The van der Waals surface area contributed by atoms with E-state index < -0.39 is 22.1 Å². The quantitative estimate of drug-likeness (QED) is 0.738. The number of sulfonamides is 1. The molecule has 0 bridgehead atoms. The minimum atomic E-state index is -3.92. The first-order valence-corrected chi connectivity index (χ1v) is 9.91. The zero-order valence-corrected chi connectivity index (χ0v) is 16.2. The summed E-state index contributed by atoms with van der Waals surface area (Å²) in [6.07, 6.45) is 0. The van der Waals surface area contributed by atoms with Crippen LogP contribution >= 0.6 is 15.9 Å². The number of carbonyl (C=O) groups is 1. The van der Waals surface area contributed by atoms with Crippen LogP contribution in [0.15, 0.2) is 57.9 Å². The second kappa shape index (κ2) is 8.35. The lowest BCUT2D eigenvalue weighted by Gasteiger charge is -2.18. The van der Waals surface area contributed by atoms with Crippen molar-refractivity contribution in [3.63, 3.8) is 0 Å². The molecule has 2 aromatic carbocycles. The minimum absolute atomic E-state index is 0.0234. The molecule has 0 heterocycles. The maximum absolute atomic E-state index is 12.2. The van der Waals surface area contributed by atoms with Gasteiger partial charge in [0.15, 0.2) is 0 Å². The number of nitrogens with one attached hydrogen (secondary N) is 2. The Bertz CT molecular complexity index is 841. The molecule has 0 aliphatic rings. The molecule has 0 aromatic heterocycles. The Hall–Kier alpha value is -2.06. The Morgan fingerprint density at radius 2 is 1.88 bits per heavy atom. The first-order chi connectivity index (χ1) is 11.8. The van der Waals surface area contributed by atoms with Crippen molar-refractivity contribution in [2.45, 2.75) is 24.8 Å². The van der Waals surface area contributed by atoms with Crippen LogP contribution in [0.1, 0.15) is 25.5 Å². The Morgan fingerprint density at radius 3 is 2.52 bits per heavy atom. The molecule has 2 N–H and O–H groups in total. The summed E-state index contributed by atoms with van der Waals surface area (Å²) in [5, 5.41) is 2.62. The lowest BCUT2D eigenvalue weighted by atomic mass is 10.1. The highest BCUT2D eigenvalue weighted by Crippen LogP contribution is 2.28. The van der Waals surface area contributed by atoms with Crippen molar-refractivity contribution >= 4 is 32.0 Å². The molecule has 1 unspecified atom stereocenters. The molecular formula is C17H19BrN2O4S. The van der Waals surface area contributed by atoms with Gasteiger partial charge in [0.25, 0.3) is 10.0 Å². The molecule has 6 nitrogen and oxygen atoms in total. The molecule has 2 rings (SSSR count). The number of ether oxygens (including phenoxy) is 1. The van der Waals surface area contributed by atoms with Gasteiger partial charge in [-0.05, 0) is 44.2 Å². The van der Waals surface area contributed by atoms with Crippen molar-refractivity contribution in [3.05, 3.63) is 58.6 Å². The highest BCUT2D eigenvalue weighted by molar-refractivity contribution is 9.10. The molecule has 8 heteroatoms. The summed E-state index contributed by atoms with van der Waals surface area (Å²) in [6, 6.07) is 11.9. The van der Waals surface area contributed by atoms with Crippen molar-refractivity contribution in [3.8, 4) is 5.75 Å². The Morgan fingerprint density at radius 1 is 1.20 bits per heavy atom. The van der Waals surface area contributed by atoms with E-state index in [0.717, 1.165) is 10.0 Å². The number of benzene rings is 2. The van der Waals surface area contributed by atoms with Gasteiger partial charge in [0.1, 0.15) is 5.75 Å². The van der Waals surface area contributed by atoms with Gasteiger partial charge in [-0.2, -0.15) is 0 Å². The third kappa shape index (κ3) is 5.20. The maximum atomic E-state index is 12.2. The van der Waals surface area contributed by atoms with Gasteiger partial charge in [-0.25, -0.2) is 17.9 Å². The van der Waals surface area contributed by atoms with Gasteiger partial charge < -0.3 is 10.1 Å². The fourth-order valence-corrected chi connectivity index (χ4v) is 3.54. The smallest absolute Gasteiger partial charge is 0.329 e. The number of carbonyl (C=O) groups excluding carboxylic acids is 1. The standard InChI is InChI=1S/C17H19BrN2O4S/c1-3-24-16-10-9-13(18)11-15(16)12(2)19-17(21)20-25(22,23)14-7-5-4-6-8-14/h4-12H,3H2,1-2H3,(H2,19,20,21). The number of rotatable bonds is 6. The first kappa shape index (κ1) is 19.3. The van der Waals surface area contributed by atoms with Crippen LogP contribution < -0.4 is 14.8 Å². The lowest BCUT2D eigenvalue weighted by molar-refractivity contribution is 0.242. The Labute approximate surface area is 155 Å². The molecule has 134 valence electrons. The van der Waals surface area contributed by atoms with Crippen LogP contribution in [0.2, 0.25) is 0 Å². The van der Waals surface area contributed by atoms with E-state index in [0.29, 0.717) is 12.4 Å². The molecule has 2 amide bonds. The monoisotopic (exact) mass is 426 g/mol. The fourth-order valence-electron chi connectivity index (χ4n) is 2.23. The number of amides is 2. The largest absolute Gasteiger partial charge is 0.494 e. The van der Waals surface area contributed by atoms with E-state index in [-0.39, 0.29) is 4.90 Å². The maximum Gasteiger partial charge on any atom is 0.329 e. The third-order valence-electron chi connectivity index (χ3n) is 3.37. The van der Waals surface area contributed by atoms with Crippen molar-refractivity contribution in [1.82, 2.24) is 10.0 Å². The Kier molecular flexibility index (Phi) is 6.44. The van der Waals surface area contributed by atoms with E-state index in [1.165, 1.54) is 12.1 Å². The highest BCUT2D eigenvalue weighted by Gasteiger charge is 2.20. The van der Waals surface area contributed by atoms with Crippen molar-refractivity contribution in [2.75, 3.05) is 6.61 Å². The van der Waals surface area contributed by atoms with Gasteiger partial charge in [-0.3, -0.25) is 0 Å². The zero-order chi connectivity index (χ0) is 18.4. The normalized spacial score (nSPS) is 12.3. The lowest BCUT2D eigenvalue weighted by Crippen LogP contribution is -2.40. The number of urea groups is 1. The van der Waals surface area contributed by atoms with Crippen LogP contribution in [0.5, 0.6) is 5.75 Å². The predicted octanol–water partition coefficient (Wildman–Crippen LogP) is 3.60. The molecule has 0 spiro atoms. The van der Waals surface area contributed by atoms with Crippen LogP contribution in [0, 0.1) is 0 Å². The summed E-state index contributed by atoms with van der Waals surface area (Å²) in [4.78, 5) is 12.1.